The fourth-order valence-electron chi connectivity index (χ4n) is 1.70. The van der Waals surface area contributed by atoms with Gasteiger partial charge in [-0.2, -0.15) is 0 Å². The number of carboxylic acids is 1. The molecule has 1 atom stereocenters. The average molecular weight is 225 g/mol. The molecule has 1 saturated carbocycles. The van der Waals surface area contributed by atoms with Crippen LogP contribution >= 0.6 is 0 Å². The Morgan fingerprint density at radius 3 is 2.50 bits per heavy atom. The minimum absolute atomic E-state index is 0.105. The van der Waals surface area contributed by atoms with Crippen LogP contribution < -0.4 is 5.32 Å². The van der Waals surface area contributed by atoms with Crippen LogP contribution in [0.4, 0.5) is 0 Å². The summed E-state index contributed by atoms with van der Waals surface area (Å²) in [5.74, 6) is -1.08. The van der Waals surface area contributed by atoms with Crippen molar-refractivity contribution < 1.29 is 14.7 Å². The zero-order valence-electron chi connectivity index (χ0n) is 9.82. The van der Waals surface area contributed by atoms with E-state index in [4.69, 9.17) is 5.11 Å². The van der Waals surface area contributed by atoms with Gasteiger partial charge in [0.25, 0.3) is 0 Å². The number of amides is 1. The molecule has 0 aliphatic heterocycles. The molecule has 1 aliphatic rings. The molecule has 1 unspecified atom stereocenters. The summed E-state index contributed by atoms with van der Waals surface area (Å²) in [7, 11) is 0. The van der Waals surface area contributed by atoms with Gasteiger partial charge in [-0.25, -0.2) is 4.79 Å². The topological polar surface area (TPSA) is 66.4 Å². The summed E-state index contributed by atoms with van der Waals surface area (Å²) >= 11 is 0. The Morgan fingerprint density at radius 2 is 2.12 bits per heavy atom. The summed E-state index contributed by atoms with van der Waals surface area (Å²) in [6.07, 6.45) is 6.43. The lowest BCUT2D eigenvalue weighted by molar-refractivity contribution is -0.142. The second kappa shape index (κ2) is 5.14. The van der Waals surface area contributed by atoms with Crippen molar-refractivity contribution in [1.29, 1.82) is 0 Å². The summed E-state index contributed by atoms with van der Waals surface area (Å²) < 4.78 is 0. The van der Waals surface area contributed by atoms with Crippen LogP contribution in [0.3, 0.4) is 0 Å². The van der Waals surface area contributed by atoms with Crippen LogP contribution in [-0.4, -0.2) is 23.0 Å². The van der Waals surface area contributed by atoms with E-state index in [0.717, 1.165) is 19.3 Å². The first-order chi connectivity index (χ1) is 7.55. The van der Waals surface area contributed by atoms with Gasteiger partial charge in [0, 0.05) is 5.41 Å². The first-order valence-electron chi connectivity index (χ1n) is 5.70. The molecule has 0 bridgehead atoms. The lowest BCUT2D eigenvalue weighted by Crippen LogP contribution is -2.44. The smallest absolute Gasteiger partial charge is 0.326 e. The van der Waals surface area contributed by atoms with E-state index in [0.29, 0.717) is 6.42 Å². The maximum absolute atomic E-state index is 11.8. The maximum Gasteiger partial charge on any atom is 0.326 e. The Bertz CT molecular complexity index is 305. The van der Waals surface area contributed by atoms with Crippen LogP contribution in [0.2, 0.25) is 0 Å². The van der Waals surface area contributed by atoms with E-state index < -0.39 is 12.0 Å². The van der Waals surface area contributed by atoms with Crippen LogP contribution in [0.15, 0.2) is 12.2 Å². The molecule has 0 aromatic heterocycles. The largest absolute Gasteiger partial charge is 0.480 e. The van der Waals surface area contributed by atoms with Gasteiger partial charge in [-0.15, -0.1) is 0 Å². The third-order valence-electron chi connectivity index (χ3n) is 3.22. The van der Waals surface area contributed by atoms with E-state index in [1.54, 1.807) is 12.2 Å². The predicted octanol–water partition coefficient (Wildman–Crippen LogP) is 1.71. The number of carboxylic acid groups (broad SMARTS) is 1. The number of allylic oxidation sites excluding steroid dienone is 1. The molecule has 90 valence electrons. The predicted molar refractivity (Wildman–Crippen MR) is 61.0 cm³/mol. The first kappa shape index (κ1) is 12.7. The standard InChI is InChI=1S/C12H19NO3/c1-3-5-6-9(10(14)15)13-11(16)12(4-2)7-8-12/h3,5,9H,4,6-8H2,1-2H3,(H,13,16)(H,14,15)/b5-3+. The lowest BCUT2D eigenvalue weighted by atomic mass is 10.0. The van der Waals surface area contributed by atoms with Crippen molar-refractivity contribution in [1.82, 2.24) is 5.32 Å². The number of nitrogens with one attached hydrogen (secondary N) is 1. The van der Waals surface area contributed by atoms with Crippen LogP contribution in [0, 0.1) is 5.41 Å². The number of hydrogen-bond donors (Lipinski definition) is 2. The second-order valence-electron chi connectivity index (χ2n) is 4.30. The molecule has 0 heterocycles. The maximum atomic E-state index is 11.8. The van der Waals surface area contributed by atoms with Gasteiger partial charge in [-0.1, -0.05) is 19.1 Å². The molecule has 0 saturated heterocycles. The molecule has 0 aromatic carbocycles. The minimum atomic E-state index is -0.974. The summed E-state index contributed by atoms with van der Waals surface area (Å²) in [6, 6.07) is -0.798. The van der Waals surface area contributed by atoms with Crippen LogP contribution in [0.1, 0.15) is 39.5 Å². The van der Waals surface area contributed by atoms with Gasteiger partial charge in [0.15, 0.2) is 0 Å². The van der Waals surface area contributed by atoms with Gasteiger partial charge in [-0.3, -0.25) is 4.79 Å². The quantitative estimate of drug-likeness (QED) is 0.676. The van der Waals surface area contributed by atoms with E-state index >= 15 is 0 Å². The van der Waals surface area contributed by atoms with Gasteiger partial charge in [0.2, 0.25) is 5.91 Å². The molecule has 16 heavy (non-hydrogen) atoms. The van der Waals surface area contributed by atoms with Crippen molar-refractivity contribution in [2.45, 2.75) is 45.6 Å². The minimum Gasteiger partial charge on any atom is -0.480 e. The van der Waals surface area contributed by atoms with Gasteiger partial charge in [0.1, 0.15) is 6.04 Å². The van der Waals surface area contributed by atoms with E-state index in [1.165, 1.54) is 0 Å². The molecule has 2 N–H and O–H groups in total. The number of rotatable bonds is 6. The van der Waals surface area contributed by atoms with Crippen molar-refractivity contribution in [3.05, 3.63) is 12.2 Å². The van der Waals surface area contributed by atoms with Crippen LogP contribution in [0.5, 0.6) is 0 Å². The molecule has 0 spiro atoms. The van der Waals surface area contributed by atoms with Gasteiger partial charge < -0.3 is 10.4 Å². The number of aliphatic carboxylic acids is 1. The molecule has 1 rings (SSSR count). The second-order valence-corrected chi connectivity index (χ2v) is 4.30. The number of carbonyl (C=O) groups is 2. The highest BCUT2D eigenvalue weighted by atomic mass is 16.4. The third kappa shape index (κ3) is 2.84. The van der Waals surface area contributed by atoms with Gasteiger partial charge >= 0.3 is 5.97 Å². The molecule has 0 aromatic rings. The molecule has 1 amide bonds. The third-order valence-corrected chi connectivity index (χ3v) is 3.22. The Hall–Kier alpha value is -1.32. The Labute approximate surface area is 95.7 Å². The SMILES string of the molecule is C/C=C/CC(NC(=O)C1(CC)CC1)C(=O)O. The van der Waals surface area contributed by atoms with Crippen molar-refractivity contribution in [2.75, 3.05) is 0 Å². The Balaban J connectivity index is 2.55. The summed E-state index contributed by atoms with van der Waals surface area (Å²) in [4.78, 5) is 22.8. The summed E-state index contributed by atoms with van der Waals surface area (Å²) in [5.41, 5.74) is -0.274. The van der Waals surface area contributed by atoms with Crippen molar-refractivity contribution in [3.63, 3.8) is 0 Å². The zero-order valence-corrected chi connectivity index (χ0v) is 9.82. The van der Waals surface area contributed by atoms with E-state index in [1.807, 2.05) is 13.8 Å². The Kier molecular flexibility index (Phi) is 4.10. The number of hydrogen-bond acceptors (Lipinski definition) is 2. The van der Waals surface area contributed by atoms with Crippen molar-refractivity contribution >= 4 is 11.9 Å². The van der Waals surface area contributed by atoms with Crippen molar-refractivity contribution in [2.24, 2.45) is 5.41 Å². The molecular formula is C12H19NO3. The van der Waals surface area contributed by atoms with Crippen LogP contribution in [-0.2, 0) is 9.59 Å². The fourth-order valence-corrected chi connectivity index (χ4v) is 1.70. The highest BCUT2D eigenvalue weighted by molar-refractivity contribution is 5.89. The van der Waals surface area contributed by atoms with Gasteiger partial charge in [-0.05, 0) is 32.6 Å². The molecular weight excluding hydrogens is 206 g/mol. The first-order valence-corrected chi connectivity index (χ1v) is 5.70. The molecule has 1 fully saturated rings. The highest BCUT2D eigenvalue weighted by Crippen LogP contribution is 2.48. The van der Waals surface area contributed by atoms with Crippen molar-refractivity contribution in [3.8, 4) is 0 Å². The zero-order chi connectivity index (χ0) is 12.2. The average Bonchev–Trinajstić information content (AvgIpc) is 3.04. The molecule has 4 nitrogen and oxygen atoms in total. The highest BCUT2D eigenvalue weighted by Gasteiger charge is 2.48. The van der Waals surface area contributed by atoms with Crippen LogP contribution in [0.25, 0.3) is 0 Å². The summed E-state index contributed by atoms with van der Waals surface area (Å²) in [5, 5.41) is 11.6. The Morgan fingerprint density at radius 1 is 1.50 bits per heavy atom. The lowest BCUT2D eigenvalue weighted by Gasteiger charge is -2.17. The number of carbonyl (C=O) groups excluding carboxylic acids is 1. The molecule has 4 heteroatoms. The van der Waals surface area contributed by atoms with E-state index in [2.05, 4.69) is 5.32 Å². The molecule has 1 aliphatic carbocycles. The molecule has 0 radical (unpaired) electrons. The fraction of sp³-hybridized carbons (Fsp3) is 0.667. The van der Waals surface area contributed by atoms with E-state index in [-0.39, 0.29) is 11.3 Å². The van der Waals surface area contributed by atoms with Gasteiger partial charge in [0.05, 0.1) is 0 Å². The van der Waals surface area contributed by atoms with E-state index in [9.17, 15) is 9.59 Å². The monoisotopic (exact) mass is 225 g/mol. The summed E-state index contributed by atoms with van der Waals surface area (Å²) in [6.45, 7) is 3.80. The normalized spacial score (nSPS) is 19.4.